The van der Waals surface area contributed by atoms with Crippen molar-refractivity contribution in [2.75, 3.05) is 4.31 Å². The lowest BCUT2D eigenvalue weighted by molar-refractivity contribution is 0.560. The number of hydrogen-bond acceptors (Lipinski definition) is 4. The summed E-state index contributed by atoms with van der Waals surface area (Å²) in [6.07, 6.45) is 2.88. The Morgan fingerprint density at radius 2 is 1.94 bits per heavy atom. The van der Waals surface area contributed by atoms with E-state index in [9.17, 15) is 12.8 Å². The first kappa shape index (κ1) is 20.9. The van der Waals surface area contributed by atoms with Crippen molar-refractivity contribution in [3.8, 4) is 10.6 Å². The van der Waals surface area contributed by atoms with Crippen LogP contribution < -0.4 is 4.31 Å². The number of thiophene rings is 1. The number of nitrogens with zero attached hydrogens (tertiary/aromatic N) is 3. The molecule has 0 saturated carbocycles. The molecule has 32 heavy (non-hydrogen) atoms. The Morgan fingerprint density at radius 1 is 1.12 bits per heavy atom. The zero-order valence-electron chi connectivity index (χ0n) is 17.5. The van der Waals surface area contributed by atoms with Gasteiger partial charge in [0.15, 0.2) is 0 Å². The molecule has 0 spiro atoms. The van der Waals surface area contributed by atoms with Gasteiger partial charge in [0.2, 0.25) is 0 Å². The molecule has 1 aliphatic heterocycles. The summed E-state index contributed by atoms with van der Waals surface area (Å²) in [4.78, 5) is 0.958. The van der Waals surface area contributed by atoms with E-state index < -0.39 is 10.0 Å². The first-order chi connectivity index (χ1) is 15.4. The summed E-state index contributed by atoms with van der Waals surface area (Å²) in [7, 11) is -3.93. The summed E-state index contributed by atoms with van der Waals surface area (Å²) in [5.74, 6) is -0.356. The topological polar surface area (TPSA) is 55.2 Å². The first-order valence-corrected chi connectivity index (χ1v) is 12.7. The fraction of sp³-hybridized carbons (Fsp3) is 0.208. The normalized spacial score (nSPS) is 16.2. The molecule has 0 N–H and O–H groups in total. The lowest BCUT2D eigenvalue weighted by Gasteiger charge is -2.35. The monoisotopic (exact) mass is 467 g/mol. The Morgan fingerprint density at radius 3 is 2.69 bits per heavy atom. The van der Waals surface area contributed by atoms with E-state index in [0.717, 1.165) is 10.4 Å². The number of aromatic nitrogens is 2. The second-order valence-corrected chi connectivity index (χ2v) is 10.7. The first-order valence-electron chi connectivity index (χ1n) is 10.4. The summed E-state index contributed by atoms with van der Waals surface area (Å²) in [5.41, 5.74) is 2.72. The van der Waals surface area contributed by atoms with E-state index in [1.165, 1.54) is 27.8 Å². The van der Waals surface area contributed by atoms with Crippen molar-refractivity contribution in [3.05, 3.63) is 89.2 Å². The van der Waals surface area contributed by atoms with Gasteiger partial charge in [0.25, 0.3) is 10.0 Å². The number of aryl methyl sites for hydroxylation is 1. The zero-order valence-corrected chi connectivity index (χ0v) is 19.1. The molecule has 164 valence electrons. The molecule has 0 aliphatic carbocycles. The Hall–Kier alpha value is -2.97. The number of fused-ring (bicyclic) bond motifs is 1. The van der Waals surface area contributed by atoms with Gasteiger partial charge < -0.3 is 0 Å². The van der Waals surface area contributed by atoms with E-state index in [-0.39, 0.29) is 16.8 Å². The van der Waals surface area contributed by atoms with Crippen LogP contribution in [0, 0.1) is 5.82 Å². The highest BCUT2D eigenvalue weighted by Gasteiger charge is 2.37. The van der Waals surface area contributed by atoms with E-state index in [2.05, 4.69) is 5.10 Å². The molecule has 5 nitrogen and oxygen atoms in total. The Labute approximate surface area is 190 Å². The van der Waals surface area contributed by atoms with E-state index in [4.69, 9.17) is 0 Å². The van der Waals surface area contributed by atoms with Crippen LogP contribution in [0.25, 0.3) is 10.6 Å². The quantitative estimate of drug-likeness (QED) is 0.399. The van der Waals surface area contributed by atoms with Gasteiger partial charge in [-0.15, -0.1) is 11.3 Å². The Kier molecular flexibility index (Phi) is 5.35. The van der Waals surface area contributed by atoms with E-state index in [0.29, 0.717) is 36.3 Å². The molecule has 1 unspecified atom stereocenters. The van der Waals surface area contributed by atoms with Crippen LogP contribution in [0.4, 0.5) is 10.1 Å². The number of benzene rings is 2. The van der Waals surface area contributed by atoms with Crippen molar-refractivity contribution < 1.29 is 12.8 Å². The molecule has 0 fully saturated rings. The molecule has 0 radical (unpaired) electrons. The highest BCUT2D eigenvalue weighted by atomic mass is 32.2. The molecular weight excluding hydrogens is 445 g/mol. The lowest BCUT2D eigenvalue weighted by Crippen LogP contribution is -2.42. The summed E-state index contributed by atoms with van der Waals surface area (Å²) < 4.78 is 45.0. The largest absolute Gasteiger partial charge is 0.268 e. The molecule has 4 aromatic rings. The second-order valence-electron chi connectivity index (χ2n) is 7.96. The van der Waals surface area contributed by atoms with Crippen LogP contribution in [0.15, 0.2) is 77.1 Å². The minimum absolute atomic E-state index is 0.167. The van der Waals surface area contributed by atoms with Crippen molar-refractivity contribution in [2.24, 2.45) is 0 Å². The molecular formula is C24H22FN3O2S2. The molecule has 0 amide bonds. The predicted octanol–water partition coefficient (Wildman–Crippen LogP) is 5.33. The average molecular weight is 468 g/mol. The van der Waals surface area contributed by atoms with Crippen LogP contribution >= 0.6 is 11.3 Å². The van der Waals surface area contributed by atoms with Crippen LogP contribution in [-0.2, 0) is 23.0 Å². The van der Waals surface area contributed by atoms with Crippen molar-refractivity contribution in [2.45, 2.75) is 37.2 Å². The van der Waals surface area contributed by atoms with E-state index in [1.807, 2.05) is 54.8 Å². The van der Waals surface area contributed by atoms with Gasteiger partial charge in [-0.1, -0.05) is 36.4 Å². The highest BCUT2D eigenvalue weighted by molar-refractivity contribution is 7.93. The van der Waals surface area contributed by atoms with Crippen molar-refractivity contribution >= 4 is 27.0 Å². The maximum absolute atomic E-state index is 14.0. The van der Waals surface area contributed by atoms with Crippen LogP contribution in [0.3, 0.4) is 0 Å². The Bertz CT molecular complexity index is 1350. The standard InChI is InChI=1S/C24H22FN3O2S2/c1-17-9-10-19-14-20(25)11-12-21(19)28(17)32(29,30)23-16-27(15-18-6-3-2-4-7-18)26-24(23)22-8-5-13-31-22/h2-8,11-14,16-17H,9-10,15H2,1H3. The van der Waals surface area contributed by atoms with Gasteiger partial charge in [-0.25, -0.2) is 12.8 Å². The Balaban J connectivity index is 1.63. The third-order valence-corrected chi connectivity index (χ3v) is 8.52. The number of halogens is 1. The number of anilines is 1. The SMILES string of the molecule is CC1CCc2cc(F)ccc2N1S(=O)(=O)c1cn(Cc2ccccc2)nc1-c1cccs1. The second kappa shape index (κ2) is 8.18. The van der Waals surface area contributed by atoms with Gasteiger partial charge >= 0.3 is 0 Å². The summed E-state index contributed by atoms with van der Waals surface area (Å²) in [6, 6.07) is 17.6. The maximum atomic E-state index is 14.0. The van der Waals surface area contributed by atoms with E-state index in [1.54, 1.807) is 16.9 Å². The van der Waals surface area contributed by atoms with Gasteiger partial charge in [0.05, 0.1) is 17.1 Å². The van der Waals surface area contributed by atoms with Crippen LogP contribution in [-0.4, -0.2) is 24.2 Å². The molecule has 3 heterocycles. The summed E-state index contributed by atoms with van der Waals surface area (Å²) in [6.45, 7) is 2.36. The number of rotatable bonds is 5. The lowest BCUT2D eigenvalue weighted by atomic mass is 9.99. The fourth-order valence-electron chi connectivity index (χ4n) is 4.19. The summed E-state index contributed by atoms with van der Waals surface area (Å²) in [5, 5.41) is 6.57. The van der Waals surface area contributed by atoms with Gasteiger partial charge in [0, 0.05) is 12.2 Å². The minimum Gasteiger partial charge on any atom is -0.266 e. The van der Waals surface area contributed by atoms with Crippen LogP contribution in [0.1, 0.15) is 24.5 Å². The third-order valence-electron chi connectivity index (χ3n) is 5.72. The molecule has 1 aliphatic rings. The van der Waals surface area contributed by atoms with Gasteiger partial charge in [-0.3, -0.25) is 8.99 Å². The van der Waals surface area contributed by atoms with E-state index >= 15 is 0 Å². The smallest absolute Gasteiger partial charge is 0.266 e. The maximum Gasteiger partial charge on any atom is 0.268 e. The molecule has 1 atom stereocenters. The highest BCUT2D eigenvalue weighted by Crippen LogP contribution is 2.39. The molecule has 8 heteroatoms. The van der Waals surface area contributed by atoms with Crippen molar-refractivity contribution in [1.82, 2.24) is 9.78 Å². The van der Waals surface area contributed by atoms with Gasteiger partial charge in [-0.05, 0) is 60.5 Å². The number of hydrogen-bond donors (Lipinski definition) is 0. The van der Waals surface area contributed by atoms with Crippen molar-refractivity contribution in [1.29, 1.82) is 0 Å². The number of sulfonamides is 1. The minimum atomic E-state index is -3.93. The van der Waals surface area contributed by atoms with Gasteiger partial charge in [-0.2, -0.15) is 5.10 Å². The third kappa shape index (κ3) is 3.73. The average Bonchev–Trinajstić information content (AvgIpc) is 3.44. The van der Waals surface area contributed by atoms with Crippen LogP contribution in [0.2, 0.25) is 0 Å². The molecule has 5 rings (SSSR count). The zero-order chi connectivity index (χ0) is 22.3. The fourth-order valence-corrected chi connectivity index (χ4v) is 6.85. The summed E-state index contributed by atoms with van der Waals surface area (Å²) >= 11 is 1.45. The molecule has 0 bridgehead atoms. The van der Waals surface area contributed by atoms with Gasteiger partial charge in [0.1, 0.15) is 16.4 Å². The predicted molar refractivity (Wildman–Crippen MR) is 125 cm³/mol. The molecule has 2 aromatic carbocycles. The van der Waals surface area contributed by atoms with Crippen LogP contribution in [0.5, 0.6) is 0 Å². The molecule has 2 aromatic heterocycles. The van der Waals surface area contributed by atoms with Crippen molar-refractivity contribution in [3.63, 3.8) is 0 Å². The molecule has 0 saturated heterocycles.